The van der Waals surface area contributed by atoms with Gasteiger partial charge >= 0.3 is 5.97 Å². The largest absolute Gasteiger partial charge is 0.460 e. The van der Waals surface area contributed by atoms with Crippen LogP contribution in [0.25, 0.3) is 0 Å². The summed E-state index contributed by atoms with van der Waals surface area (Å²) in [6.07, 6.45) is 3.97. The number of ether oxygens (including phenoxy) is 1. The number of anilines is 1. The number of carbonyl (C=O) groups is 1. The van der Waals surface area contributed by atoms with Gasteiger partial charge in [0.15, 0.2) is 0 Å². The predicted molar refractivity (Wildman–Crippen MR) is 74.4 cm³/mol. The van der Waals surface area contributed by atoms with E-state index >= 15 is 0 Å². The second-order valence-corrected chi connectivity index (χ2v) is 6.33. The van der Waals surface area contributed by atoms with E-state index in [-0.39, 0.29) is 24.1 Å². The van der Waals surface area contributed by atoms with Crippen molar-refractivity contribution in [2.75, 3.05) is 18.0 Å². The fraction of sp³-hybridized carbons (Fsp3) is 0.562. The molecular formula is C16H19NO3. The monoisotopic (exact) mass is 273 g/mol. The van der Waals surface area contributed by atoms with E-state index in [0.717, 1.165) is 44.3 Å². The number of fused-ring (bicyclic) bond motifs is 1. The van der Waals surface area contributed by atoms with Crippen LogP contribution in [0.5, 0.6) is 0 Å². The molecule has 4 nitrogen and oxygen atoms in total. The molecule has 1 atom stereocenters. The van der Waals surface area contributed by atoms with Crippen LogP contribution < -0.4 is 4.90 Å². The molecule has 2 fully saturated rings. The Morgan fingerprint density at radius 3 is 2.95 bits per heavy atom. The van der Waals surface area contributed by atoms with Crippen LogP contribution in [0.15, 0.2) is 18.2 Å². The Balaban J connectivity index is 1.50. The Hall–Kier alpha value is -1.55. The Morgan fingerprint density at radius 2 is 2.25 bits per heavy atom. The van der Waals surface area contributed by atoms with Gasteiger partial charge < -0.3 is 14.7 Å². The molecule has 0 aromatic heterocycles. The van der Waals surface area contributed by atoms with Crippen LogP contribution in [0.4, 0.5) is 5.69 Å². The van der Waals surface area contributed by atoms with E-state index in [1.807, 2.05) is 6.07 Å². The van der Waals surface area contributed by atoms with Gasteiger partial charge in [0.05, 0.1) is 18.6 Å². The average molecular weight is 273 g/mol. The summed E-state index contributed by atoms with van der Waals surface area (Å²) in [6.45, 7) is 1.84. The van der Waals surface area contributed by atoms with Gasteiger partial charge in [-0.1, -0.05) is 12.1 Å². The number of hydrogen-bond donors (Lipinski definition) is 1. The fourth-order valence-electron chi connectivity index (χ4n) is 3.52. The number of cyclic esters (lactones) is 1. The van der Waals surface area contributed by atoms with Crippen LogP contribution in [0.2, 0.25) is 0 Å². The van der Waals surface area contributed by atoms with Gasteiger partial charge in [-0.3, -0.25) is 4.79 Å². The summed E-state index contributed by atoms with van der Waals surface area (Å²) >= 11 is 0. The molecule has 4 heteroatoms. The molecule has 0 radical (unpaired) electrons. The summed E-state index contributed by atoms with van der Waals surface area (Å²) in [7, 11) is 0. The van der Waals surface area contributed by atoms with Crippen molar-refractivity contribution in [2.24, 2.45) is 5.41 Å². The zero-order valence-corrected chi connectivity index (χ0v) is 11.5. The Morgan fingerprint density at radius 1 is 1.40 bits per heavy atom. The number of esters is 1. The number of nitrogens with zero attached hydrogens (tertiary/aromatic N) is 1. The molecule has 2 heterocycles. The van der Waals surface area contributed by atoms with Crippen molar-refractivity contribution in [3.63, 3.8) is 0 Å². The summed E-state index contributed by atoms with van der Waals surface area (Å²) in [5, 5.41) is 9.26. The molecular weight excluding hydrogens is 254 g/mol. The summed E-state index contributed by atoms with van der Waals surface area (Å²) in [4.78, 5) is 14.1. The first-order chi connectivity index (χ1) is 9.70. The lowest BCUT2D eigenvalue weighted by molar-refractivity contribution is -0.145. The highest BCUT2D eigenvalue weighted by atomic mass is 16.6. The molecule has 1 aromatic rings. The van der Waals surface area contributed by atoms with Gasteiger partial charge in [0.1, 0.15) is 6.10 Å². The van der Waals surface area contributed by atoms with Crippen molar-refractivity contribution >= 4 is 11.7 Å². The minimum atomic E-state index is -0.111. The highest BCUT2D eigenvalue weighted by Gasteiger charge is 2.57. The minimum Gasteiger partial charge on any atom is -0.460 e. The lowest BCUT2D eigenvalue weighted by atomic mass is 10.0. The number of aliphatic hydroxyl groups is 1. The molecule has 1 aliphatic carbocycles. The maximum Gasteiger partial charge on any atom is 0.312 e. The summed E-state index contributed by atoms with van der Waals surface area (Å²) in [5.74, 6) is 0.0195. The van der Waals surface area contributed by atoms with Crippen molar-refractivity contribution < 1.29 is 14.6 Å². The Bertz CT molecular complexity index is 565. The smallest absolute Gasteiger partial charge is 0.312 e. The topological polar surface area (TPSA) is 49.8 Å². The highest BCUT2D eigenvalue weighted by molar-refractivity contribution is 5.82. The maximum absolute atomic E-state index is 11.8. The lowest BCUT2D eigenvalue weighted by Gasteiger charge is -2.23. The summed E-state index contributed by atoms with van der Waals surface area (Å²) in [5.41, 5.74) is 3.36. The van der Waals surface area contributed by atoms with Crippen LogP contribution >= 0.6 is 0 Å². The number of aliphatic hydroxyl groups excluding tert-OH is 1. The Labute approximate surface area is 118 Å². The van der Waals surface area contributed by atoms with E-state index in [1.54, 1.807) is 0 Å². The molecule has 4 rings (SSSR count). The maximum atomic E-state index is 11.8. The number of benzene rings is 1. The molecule has 2 aliphatic heterocycles. The van der Waals surface area contributed by atoms with E-state index in [9.17, 15) is 9.90 Å². The summed E-state index contributed by atoms with van der Waals surface area (Å²) < 4.78 is 5.54. The van der Waals surface area contributed by atoms with Gasteiger partial charge in [-0.2, -0.15) is 0 Å². The van der Waals surface area contributed by atoms with E-state index in [4.69, 9.17) is 4.74 Å². The highest BCUT2D eigenvalue weighted by Crippen LogP contribution is 2.55. The van der Waals surface area contributed by atoms with Crippen molar-refractivity contribution in [1.29, 1.82) is 0 Å². The van der Waals surface area contributed by atoms with Gasteiger partial charge in [0.25, 0.3) is 0 Å². The predicted octanol–water partition coefficient (Wildman–Crippen LogP) is 1.64. The SMILES string of the molecule is O=C1OC(CN2CCc3ccc(CO)cc32)CC12CC2. The second kappa shape index (κ2) is 4.22. The standard InChI is InChI=1S/C16H19NO3/c18-10-11-1-2-12-3-6-17(14(12)7-11)9-13-8-16(4-5-16)15(19)20-13/h1-2,7,13,18H,3-6,8-10H2. The van der Waals surface area contributed by atoms with E-state index in [1.165, 1.54) is 11.3 Å². The Kier molecular flexibility index (Phi) is 2.58. The van der Waals surface area contributed by atoms with E-state index in [0.29, 0.717) is 0 Å². The zero-order valence-electron chi connectivity index (χ0n) is 11.5. The molecule has 1 saturated carbocycles. The molecule has 1 saturated heterocycles. The van der Waals surface area contributed by atoms with Crippen molar-refractivity contribution in [1.82, 2.24) is 0 Å². The minimum absolute atomic E-state index is 0.0195. The third kappa shape index (κ3) is 1.82. The third-order valence-electron chi connectivity index (χ3n) is 4.93. The quantitative estimate of drug-likeness (QED) is 0.851. The van der Waals surface area contributed by atoms with Crippen molar-refractivity contribution in [2.45, 2.75) is 38.4 Å². The molecule has 1 unspecified atom stereocenters. The average Bonchev–Trinajstić information content (AvgIpc) is 3.03. The fourth-order valence-corrected chi connectivity index (χ4v) is 3.52. The second-order valence-electron chi connectivity index (χ2n) is 6.33. The van der Waals surface area contributed by atoms with Crippen LogP contribution in [0.3, 0.4) is 0 Å². The van der Waals surface area contributed by atoms with Gasteiger partial charge in [-0.15, -0.1) is 0 Å². The third-order valence-corrected chi connectivity index (χ3v) is 4.93. The van der Waals surface area contributed by atoms with Crippen LogP contribution in [0, 0.1) is 5.41 Å². The van der Waals surface area contributed by atoms with Crippen LogP contribution in [0.1, 0.15) is 30.4 Å². The summed E-state index contributed by atoms with van der Waals surface area (Å²) in [6, 6.07) is 6.15. The first-order valence-electron chi connectivity index (χ1n) is 7.39. The van der Waals surface area contributed by atoms with Gasteiger partial charge in [-0.25, -0.2) is 0 Å². The molecule has 1 N–H and O–H groups in total. The van der Waals surface area contributed by atoms with Crippen molar-refractivity contribution in [3.05, 3.63) is 29.3 Å². The molecule has 1 aromatic carbocycles. The van der Waals surface area contributed by atoms with E-state index < -0.39 is 0 Å². The first kappa shape index (κ1) is 12.2. The van der Waals surface area contributed by atoms with E-state index in [2.05, 4.69) is 17.0 Å². The molecule has 106 valence electrons. The number of carbonyl (C=O) groups excluding carboxylic acids is 1. The molecule has 0 bridgehead atoms. The lowest BCUT2D eigenvalue weighted by Crippen LogP contribution is -2.31. The van der Waals surface area contributed by atoms with Crippen molar-refractivity contribution in [3.8, 4) is 0 Å². The van der Waals surface area contributed by atoms with Crippen LogP contribution in [-0.2, 0) is 22.6 Å². The number of rotatable bonds is 3. The number of hydrogen-bond acceptors (Lipinski definition) is 4. The molecule has 3 aliphatic rings. The normalized spacial score (nSPS) is 25.9. The van der Waals surface area contributed by atoms with Gasteiger partial charge in [0.2, 0.25) is 0 Å². The molecule has 1 spiro atoms. The first-order valence-corrected chi connectivity index (χ1v) is 7.39. The zero-order chi connectivity index (χ0) is 13.7. The van der Waals surface area contributed by atoms with Gasteiger partial charge in [-0.05, 0) is 36.5 Å². The van der Waals surface area contributed by atoms with Crippen LogP contribution in [-0.4, -0.2) is 30.3 Å². The molecule has 0 amide bonds. The molecule has 20 heavy (non-hydrogen) atoms. The van der Waals surface area contributed by atoms with Gasteiger partial charge in [0, 0.05) is 18.7 Å².